The van der Waals surface area contributed by atoms with Crippen LogP contribution >= 0.6 is 0 Å². The second-order valence-corrected chi connectivity index (χ2v) is 5.48. The third-order valence-electron chi connectivity index (χ3n) is 3.94. The smallest absolute Gasteiger partial charge is 0.259 e. The van der Waals surface area contributed by atoms with Gasteiger partial charge in [0.25, 0.3) is 5.88 Å². The van der Waals surface area contributed by atoms with Gasteiger partial charge in [-0.25, -0.2) is 4.98 Å². The maximum atomic E-state index is 10.5. The lowest BCUT2D eigenvalue weighted by molar-refractivity contribution is -0.0671. The molecule has 2 aromatic heterocycles. The van der Waals surface area contributed by atoms with Crippen LogP contribution in [0.1, 0.15) is 18.9 Å². The van der Waals surface area contributed by atoms with Crippen LogP contribution in [-0.4, -0.2) is 67.0 Å². The Morgan fingerprint density at radius 1 is 1.50 bits per heavy atom. The molecule has 2 aromatic rings. The highest BCUT2D eigenvalue weighted by Gasteiger charge is 2.53. The van der Waals surface area contributed by atoms with Gasteiger partial charge in [-0.05, 0) is 17.6 Å². The standard InChI is InChI=1S/C12H15N7O5/c1-12(22)7(21)4(3-20)24-8(12)10-14-5-6(15-10)11(23-2)18-16-9(5)17-19-13/h4,7-8,20-22H,3H2,1-2H3,(H,14,15)/t4-,7-,8+,12-/m1/s1. The molecule has 12 heteroatoms. The Bertz CT molecular complexity index is 815. The molecule has 1 fully saturated rings. The number of imidazole rings is 1. The summed E-state index contributed by atoms with van der Waals surface area (Å²) in [6.07, 6.45) is -3.33. The highest BCUT2D eigenvalue weighted by Crippen LogP contribution is 2.41. The molecule has 128 valence electrons. The first-order chi connectivity index (χ1) is 11.4. The van der Waals surface area contributed by atoms with Gasteiger partial charge in [0.15, 0.2) is 5.82 Å². The molecule has 1 saturated heterocycles. The second-order valence-electron chi connectivity index (χ2n) is 5.48. The van der Waals surface area contributed by atoms with Crippen LogP contribution in [0, 0.1) is 0 Å². The molecule has 4 atom stereocenters. The number of azide groups is 1. The van der Waals surface area contributed by atoms with Crippen LogP contribution in [0.5, 0.6) is 5.88 Å². The van der Waals surface area contributed by atoms with Crippen LogP contribution in [0.4, 0.5) is 5.82 Å². The van der Waals surface area contributed by atoms with E-state index in [0.29, 0.717) is 5.52 Å². The highest BCUT2D eigenvalue weighted by atomic mass is 16.6. The Morgan fingerprint density at radius 2 is 2.25 bits per heavy atom. The Balaban J connectivity index is 2.14. The average molecular weight is 337 g/mol. The van der Waals surface area contributed by atoms with Gasteiger partial charge in [-0.15, -0.1) is 10.2 Å². The minimum atomic E-state index is -1.70. The van der Waals surface area contributed by atoms with Crippen molar-refractivity contribution in [2.24, 2.45) is 5.11 Å². The van der Waals surface area contributed by atoms with Gasteiger partial charge in [0, 0.05) is 4.91 Å². The summed E-state index contributed by atoms with van der Waals surface area (Å²) in [4.78, 5) is 9.78. The molecule has 3 heterocycles. The number of ether oxygens (including phenoxy) is 2. The van der Waals surface area contributed by atoms with Gasteiger partial charge >= 0.3 is 0 Å². The zero-order valence-electron chi connectivity index (χ0n) is 12.8. The number of hydrogen-bond donors (Lipinski definition) is 4. The van der Waals surface area contributed by atoms with E-state index in [9.17, 15) is 15.3 Å². The molecule has 12 nitrogen and oxygen atoms in total. The van der Waals surface area contributed by atoms with E-state index in [1.807, 2.05) is 0 Å². The average Bonchev–Trinajstić information content (AvgIpc) is 3.09. The molecule has 0 spiro atoms. The van der Waals surface area contributed by atoms with Crippen molar-refractivity contribution in [2.75, 3.05) is 13.7 Å². The molecule has 0 aromatic carbocycles. The van der Waals surface area contributed by atoms with Gasteiger partial charge in [-0.3, -0.25) is 0 Å². The quantitative estimate of drug-likeness (QED) is 0.337. The summed E-state index contributed by atoms with van der Waals surface area (Å²) >= 11 is 0. The fraction of sp³-hybridized carbons (Fsp3) is 0.583. The lowest BCUT2D eigenvalue weighted by atomic mass is 9.92. The van der Waals surface area contributed by atoms with Gasteiger partial charge < -0.3 is 29.8 Å². The summed E-state index contributed by atoms with van der Waals surface area (Å²) in [5, 5.41) is 40.7. The maximum Gasteiger partial charge on any atom is 0.259 e. The monoisotopic (exact) mass is 337 g/mol. The molecule has 1 aliphatic heterocycles. The number of rotatable bonds is 4. The predicted octanol–water partition coefficient (Wildman–Crippen LogP) is -0.153. The first-order valence-electron chi connectivity index (χ1n) is 6.96. The third-order valence-corrected chi connectivity index (χ3v) is 3.94. The third kappa shape index (κ3) is 2.33. The van der Waals surface area contributed by atoms with E-state index in [4.69, 9.17) is 15.0 Å². The van der Waals surface area contributed by atoms with Gasteiger partial charge in [-0.1, -0.05) is 0 Å². The Labute approximate surface area is 134 Å². The van der Waals surface area contributed by atoms with Crippen LogP contribution < -0.4 is 4.74 Å². The topological polar surface area (TPSA) is 182 Å². The van der Waals surface area contributed by atoms with E-state index in [-0.39, 0.29) is 23.0 Å². The van der Waals surface area contributed by atoms with Crippen LogP contribution in [0.2, 0.25) is 0 Å². The molecular formula is C12H15N7O5. The highest BCUT2D eigenvalue weighted by molar-refractivity contribution is 5.87. The summed E-state index contributed by atoms with van der Waals surface area (Å²) in [6.45, 7) is 0.901. The van der Waals surface area contributed by atoms with Crippen LogP contribution in [-0.2, 0) is 4.74 Å². The number of aliphatic hydroxyl groups excluding tert-OH is 2. The molecular weight excluding hydrogens is 322 g/mol. The van der Waals surface area contributed by atoms with Crippen molar-refractivity contribution in [3.05, 3.63) is 16.3 Å². The number of hydrogen-bond acceptors (Lipinski definition) is 9. The van der Waals surface area contributed by atoms with E-state index in [1.165, 1.54) is 14.0 Å². The summed E-state index contributed by atoms with van der Waals surface area (Å²) < 4.78 is 10.6. The molecule has 24 heavy (non-hydrogen) atoms. The zero-order chi connectivity index (χ0) is 17.5. The van der Waals surface area contributed by atoms with Gasteiger partial charge in [-0.2, -0.15) is 0 Å². The molecule has 3 rings (SSSR count). The molecule has 0 amide bonds. The Morgan fingerprint density at radius 3 is 2.83 bits per heavy atom. The minimum absolute atomic E-state index is 0.0762. The SMILES string of the molecule is COc1nnc(N=[N+]=[N-])c2nc([C@@H]3O[C@H](CO)[C@@H](O)[C@@]3(C)O)[nH]c12. The summed E-state index contributed by atoms with van der Waals surface area (Å²) in [6, 6.07) is 0. The van der Waals surface area contributed by atoms with E-state index in [1.54, 1.807) is 0 Å². The van der Waals surface area contributed by atoms with Crippen molar-refractivity contribution >= 4 is 16.9 Å². The molecule has 1 aliphatic rings. The van der Waals surface area contributed by atoms with E-state index < -0.39 is 30.5 Å². The predicted molar refractivity (Wildman–Crippen MR) is 78.4 cm³/mol. The maximum absolute atomic E-state index is 10.5. The largest absolute Gasteiger partial charge is 0.478 e. The zero-order valence-corrected chi connectivity index (χ0v) is 12.8. The van der Waals surface area contributed by atoms with Crippen molar-refractivity contribution in [2.45, 2.75) is 30.8 Å². The van der Waals surface area contributed by atoms with Crippen LogP contribution in [0.15, 0.2) is 5.11 Å². The summed E-state index contributed by atoms with van der Waals surface area (Å²) in [5.74, 6) is 0.178. The second kappa shape index (κ2) is 5.85. The number of nitrogens with zero attached hydrogens (tertiary/aromatic N) is 6. The normalized spacial score (nSPS) is 29.6. The lowest BCUT2D eigenvalue weighted by Crippen LogP contribution is -2.43. The fourth-order valence-corrected chi connectivity index (χ4v) is 2.68. The Hall–Kier alpha value is -2.50. The number of aliphatic hydroxyl groups is 3. The number of nitrogens with one attached hydrogen (secondary N) is 1. The van der Waals surface area contributed by atoms with Crippen LogP contribution in [0.3, 0.4) is 0 Å². The van der Waals surface area contributed by atoms with Gasteiger partial charge in [0.05, 0.1) is 13.7 Å². The molecule has 0 saturated carbocycles. The van der Waals surface area contributed by atoms with Gasteiger partial charge in [0.1, 0.15) is 40.8 Å². The fourth-order valence-electron chi connectivity index (χ4n) is 2.68. The van der Waals surface area contributed by atoms with E-state index >= 15 is 0 Å². The van der Waals surface area contributed by atoms with Crippen molar-refractivity contribution in [3.63, 3.8) is 0 Å². The number of methoxy groups -OCH3 is 1. The number of fused-ring (bicyclic) bond motifs is 1. The van der Waals surface area contributed by atoms with E-state index in [0.717, 1.165) is 0 Å². The summed E-state index contributed by atoms with van der Waals surface area (Å²) in [7, 11) is 1.38. The van der Waals surface area contributed by atoms with Crippen molar-refractivity contribution < 1.29 is 24.8 Å². The lowest BCUT2D eigenvalue weighted by Gasteiger charge is -2.25. The molecule has 0 aliphatic carbocycles. The van der Waals surface area contributed by atoms with Gasteiger partial charge in [0.2, 0.25) is 0 Å². The van der Waals surface area contributed by atoms with Crippen molar-refractivity contribution in [3.8, 4) is 5.88 Å². The molecule has 0 bridgehead atoms. The first kappa shape index (κ1) is 16.4. The number of aromatic amines is 1. The number of H-pyrrole nitrogens is 1. The minimum Gasteiger partial charge on any atom is -0.478 e. The van der Waals surface area contributed by atoms with E-state index in [2.05, 4.69) is 30.2 Å². The Kier molecular flexibility index (Phi) is 3.99. The van der Waals surface area contributed by atoms with Crippen LogP contribution in [0.25, 0.3) is 21.5 Å². The molecule has 4 N–H and O–H groups in total. The van der Waals surface area contributed by atoms with Crippen molar-refractivity contribution in [1.82, 2.24) is 20.2 Å². The van der Waals surface area contributed by atoms with Crippen molar-refractivity contribution in [1.29, 1.82) is 0 Å². The molecule has 0 unspecified atom stereocenters. The molecule has 0 radical (unpaired) electrons. The first-order valence-corrected chi connectivity index (χ1v) is 6.96. The summed E-state index contributed by atoms with van der Waals surface area (Å²) in [5.41, 5.74) is 7.38. The number of aromatic nitrogens is 4.